The average Bonchev–Trinajstić information content (AvgIpc) is 3.52. The van der Waals surface area contributed by atoms with E-state index in [1.54, 1.807) is 6.20 Å². The van der Waals surface area contributed by atoms with E-state index >= 15 is 0 Å². The molecule has 0 spiro atoms. The van der Waals surface area contributed by atoms with Crippen molar-refractivity contribution in [2.24, 2.45) is 11.5 Å². The van der Waals surface area contributed by atoms with Crippen LogP contribution in [0.1, 0.15) is 24.6 Å². The second-order valence-electron chi connectivity index (χ2n) is 8.81. The molecule has 4 atom stereocenters. The maximum Gasteiger partial charge on any atom is 0.326 e. The van der Waals surface area contributed by atoms with Crippen LogP contribution < -0.4 is 27.4 Å². The predicted molar refractivity (Wildman–Crippen MR) is 135 cm³/mol. The van der Waals surface area contributed by atoms with Crippen LogP contribution in [-0.4, -0.2) is 73.8 Å². The summed E-state index contributed by atoms with van der Waals surface area (Å²) in [5, 5.41) is 17.6. The Balaban J connectivity index is 1.61. The Morgan fingerprint density at radius 1 is 0.974 bits per heavy atom. The van der Waals surface area contributed by atoms with Crippen LogP contribution in [0.2, 0.25) is 0 Å². The number of carbonyl (C=O) groups excluding carboxylic acids is 4. The zero-order chi connectivity index (χ0) is 27.8. The SMILES string of the molecule is CC(NC(=O)C(CC(N)=O)NC(=O)C(N)Cc1cnc[nH]1)C(=O)NC(Cc1c[nH]c2ccccc12)C(=O)O. The minimum absolute atomic E-state index is 0.000328. The molecule has 4 amide bonds. The van der Waals surface area contributed by atoms with Crippen LogP contribution in [0.3, 0.4) is 0 Å². The molecule has 0 saturated heterocycles. The van der Waals surface area contributed by atoms with Gasteiger partial charge in [-0.1, -0.05) is 18.2 Å². The Bertz CT molecular complexity index is 1300. The van der Waals surface area contributed by atoms with Crippen LogP contribution in [0.4, 0.5) is 0 Å². The second-order valence-corrected chi connectivity index (χ2v) is 8.81. The number of hydrogen-bond donors (Lipinski definition) is 8. The number of imidazole rings is 1. The normalized spacial score (nSPS) is 14.2. The largest absolute Gasteiger partial charge is 0.480 e. The molecule has 0 aliphatic rings. The molecule has 2 aromatic heterocycles. The third-order valence-electron chi connectivity index (χ3n) is 5.84. The molecule has 10 N–H and O–H groups in total. The number of nitrogens with one attached hydrogen (secondary N) is 5. The van der Waals surface area contributed by atoms with Gasteiger partial charge in [0.1, 0.15) is 18.1 Å². The van der Waals surface area contributed by atoms with Crippen molar-refractivity contribution in [3.8, 4) is 0 Å². The minimum atomic E-state index is -1.40. The summed E-state index contributed by atoms with van der Waals surface area (Å²) in [5.41, 5.74) is 13.2. The van der Waals surface area contributed by atoms with Gasteiger partial charge in [-0.2, -0.15) is 0 Å². The van der Waals surface area contributed by atoms with Gasteiger partial charge in [-0.15, -0.1) is 0 Å². The number of aromatic nitrogens is 3. The molecular formula is C24H30N8O6. The van der Waals surface area contributed by atoms with E-state index in [4.69, 9.17) is 11.5 Å². The summed E-state index contributed by atoms with van der Waals surface area (Å²) in [6.07, 6.45) is 4.14. The fourth-order valence-corrected chi connectivity index (χ4v) is 3.81. The van der Waals surface area contributed by atoms with Crippen molar-refractivity contribution in [2.75, 3.05) is 0 Å². The number of carbonyl (C=O) groups is 5. The molecule has 0 bridgehead atoms. The van der Waals surface area contributed by atoms with Crippen molar-refractivity contribution in [1.82, 2.24) is 30.9 Å². The summed E-state index contributed by atoms with van der Waals surface area (Å²) in [4.78, 5) is 71.1. The van der Waals surface area contributed by atoms with Gasteiger partial charge in [0.15, 0.2) is 0 Å². The molecule has 0 aliphatic heterocycles. The first-order valence-corrected chi connectivity index (χ1v) is 11.7. The van der Waals surface area contributed by atoms with Crippen LogP contribution in [-0.2, 0) is 36.8 Å². The van der Waals surface area contributed by atoms with Crippen molar-refractivity contribution in [2.45, 2.75) is 50.4 Å². The fourth-order valence-electron chi connectivity index (χ4n) is 3.81. The zero-order valence-corrected chi connectivity index (χ0v) is 20.6. The Labute approximate surface area is 216 Å². The second kappa shape index (κ2) is 12.5. The number of carboxylic acid groups (broad SMARTS) is 1. The number of nitrogens with two attached hydrogens (primary N) is 2. The van der Waals surface area contributed by atoms with Crippen molar-refractivity contribution >= 4 is 40.5 Å². The van der Waals surface area contributed by atoms with E-state index in [-0.39, 0.29) is 12.8 Å². The first-order valence-electron chi connectivity index (χ1n) is 11.7. The molecule has 3 aromatic rings. The molecular weight excluding hydrogens is 496 g/mol. The molecule has 14 nitrogen and oxygen atoms in total. The number of nitrogens with zero attached hydrogens (tertiary/aromatic N) is 1. The highest BCUT2D eigenvalue weighted by Gasteiger charge is 2.29. The standard InChI is InChI=1S/C24H30N8O6/c1-12(21(34)32-19(24(37)38)6-13-9-28-17-5-3-2-4-15(13)17)30-23(36)18(8-20(26)33)31-22(35)16(25)7-14-10-27-11-29-14/h2-5,9-12,16,18-19,28H,6-8,25H2,1H3,(H2,26,33)(H,27,29)(H,30,36)(H,31,35)(H,32,34)(H,37,38). The number of fused-ring (bicyclic) bond motifs is 1. The van der Waals surface area contributed by atoms with E-state index in [2.05, 4.69) is 30.9 Å². The quantitative estimate of drug-likeness (QED) is 0.129. The topological polar surface area (TPSA) is 238 Å². The fraction of sp³-hybridized carbons (Fsp3) is 0.333. The molecule has 3 rings (SSSR count). The Morgan fingerprint density at radius 3 is 2.34 bits per heavy atom. The Morgan fingerprint density at radius 2 is 1.68 bits per heavy atom. The van der Waals surface area contributed by atoms with E-state index in [0.717, 1.165) is 10.9 Å². The zero-order valence-electron chi connectivity index (χ0n) is 20.6. The highest BCUT2D eigenvalue weighted by molar-refractivity contribution is 5.96. The average molecular weight is 527 g/mol. The molecule has 0 fully saturated rings. The number of amides is 4. The van der Waals surface area contributed by atoms with E-state index < -0.39 is 60.2 Å². The predicted octanol–water partition coefficient (Wildman–Crippen LogP) is -1.56. The summed E-state index contributed by atoms with van der Waals surface area (Å²) in [6.45, 7) is 1.34. The highest BCUT2D eigenvalue weighted by atomic mass is 16.4. The molecule has 202 valence electrons. The van der Waals surface area contributed by atoms with Gasteiger partial charge < -0.3 is 42.5 Å². The number of hydrogen-bond acceptors (Lipinski definition) is 7. The molecule has 0 saturated carbocycles. The third-order valence-corrected chi connectivity index (χ3v) is 5.84. The number of benzene rings is 1. The number of H-pyrrole nitrogens is 2. The molecule has 2 heterocycles. The number of rotatable bonds is 13. The van der Waals surface area contributed by atoms with Crippen molar-refractivity contribution in [3.05, 3.63) is 54.2 Å². The molecule has 38 heavy (non-hydrogen) atoms. The van der Waals surface area contributed by atoms with Gasteiger partial charge >= 0.3 is 5.97 Å². The number of para-hydroxylation sites is 1. The molecule has 1 aromatic carbocycles. The minimum Gasteiger partial charge on any atom is -0.480 e. The molecule has 14 heteroatoms. The Hall–Kier alpha value is -4.72. The first-order chi connectivity index (χ1) is 18.0. The number of carboxylic acids is 1. The number of primary amides is 1. The van der Waals surface area contributed by atoms with Crippen molar-refractivity contribution < 1.29 is 29.1 Å². The van der Waals surface area contributed by atoms with Crippen LogP contribution >= 0.6 is 0 Å². The third kappa shape index (κ3) is 7.39. The van der Waals surface area contributed by atoms with Gasteiger partial charge in [-0.3, -0.25) is 19.2 Å². The van der Waals surface area contributed by atoms with Gasteiger partial charge in [0.2, 0.25) is 23.6 Å². The number of aromatic amines is 2. The van der Waals surface area contributed by atoms with Gasteiger partial charge in [-0.25, -0.2) is 9.78 Å². The van der Waals surface area contributed by atoms with Crippen LogP contribution in [0.15, 0.2) is 43.0 Å². The van der Waals surface area contributed by atoms with E-state index in [1.165, 1.54) is 19.4 Å². The Kier molecular flexibility index (Phi) is 9.16. The smallest absolute Gasteiger partial charge is 0.326 e. The molecule has 4 unspecified atom stereocenters. The maximum absolute atomic E-state index is 12.8. The van der Waals surface area contributed by atoms with Gasteiger partial charge in [-0.05, 0) is 18.6 Å². The summed E-state index contributed by atoms with van der Waals surface area (Å²) < 4.78 is 0. The lowest BCUT2D eigenvalue weighted by Gasteiger charge is -2.23. The molecule has 0 radical (unpaired) electrons. The lowest BCUT2D eigenvalue weighted by Crippen LogP contribution is -2.57. The van der Waals surface area contributed by atoms with Crippen LogP contribution in [0, 0.1) is 0 Å². The lowest BCUT2D eigenvalue weighted by atomic mass is 10.0. The van der Waals surface area contributed by atoms with E-state index in [9.17, 15) is 29.1 Å². The lowest BCUT2D eigenvalue weighted by molar-refractivity contribution is -0.142. The van der Waals surface area contributed by atoms with Crippen molar-refractivity contribution in [3.63, 3.8) is 0 Å². The molecule has 0 aliphatic carbocycles. The van der Waals surface area contributed by atoms with Gasteiger partial charge in [0.05, 0.1) is 18.8 Å². The van der Waals surface area contributed by atoms with Crippen molar-refractivity contribution in [1.29, 1.82) is 0 Å². The first kappa shape index (κ1) is 27.9. The van der Waals surface area contributed by atoms with E-state index in [1.807, 2.05) is 24.3 Å². The monoisotopic (exact) mass is 526 g/mol. The van der Waals surface area contributed by atoms with Crippen LogP contribution in [0.25, 0.3) is 10.9 Å². The number of aliphatic carboxylic acids is 1. The summed E-state index contributed by atoms with van der Waals surface area (Å²) >= 11 is 0. The maximum atomic E-state index is 12.8. The summed E-state index contributed by atoms with van der Waals surface area (Å²) in [5.74, 6) is -4.48. The highest BCUT2D eigenvalue weighted by Crippen LogP contribution is 2.19. The van der Waals surface area contributed by atoms with Crippen LogP contribution in [0.5, 0.6) is 0 Å². The summed E-state index contributed by atoms with van der Waals surface area (Å²) in [7, 11) is 0. The van der Waals surface area contributed by atoms with Gasteiger partial charge in [0, 0.05) is 41.8 Å². The van der Waals surface area contributed by atoms with E-state index in [0.29, 0.717) is 11.3 Å². The van der Waals surface area contributed by atoms with Gasteiger partial charge in [0.25, 0.3) is 0 Å². The summed E-state index contributed by atoms with van der Waals surface area (Å²) in [6, 6.07) is 2.40.